The topological polar surface area (TPSA) is 41.6 Å². The van der Waals surface area contributed by atoms with Gasteiger partial charge < -0.3 is 10.1 Å². The number of morpholine rings is 1. The molecule has 1 unspecified atom stereocenters. The summed E-state index contributed by atoms with van der Waals surface area (Å²) in [5.41, 5.74) is 1.83. The molecule has 0 aromatic heterocycles. The second kappa shape index (κ2) is 6.12. The molecule has 1 saturated heterocycles. The summed E-state index contributed by atoms with van der Waals surface area (Å²) in [5.74, 6) is -0.328. The minimum absolute atomic E-state index is 0.111. The number of ether oxygens (including phenoxy) is 1. The van der Waals surface area contributed by atoms with Crippen LogP contribution in [0.25, 0.3) is 0 Å². The number of aryl methyl sites for hydroxylation is 1. The molecular weight excluding hydrogens is 247 g/mol. The average Bonchev–Trinajstić information content (AvgIpc) is 2.37. The van der Waals surface area contributed by atoms with Crippen LogP contribution in [0.4, 0.5) is 4.39 Å². The van der Waals surface area contributed by atoms with Crippen molar-refractivity contribution in [2.45, 2.75) is 19.6 Å². The Morgan fingerprint density at radius 3 is 3.00 bits per heavy atom. The van der Waals surface area contributed by atoms with Gasteiger partial charge in [-0.3, -0.25) is 9.69 Å². The van der Waals surface area contributed by atoms with E-state index in [1.54, 1.807) is 7.05 Å². The SMILES string of the molecule is CNC(=O)C1CN(Cc2cc(C)cc(F)c2)CCO1. The van der Waals surface area contributed by atoms with E-state index in [0.29, 0.717) is 19.7 Å². The molecule has 1 aliphatic rings. The van der Waals surface area contributed by atoms with Gasteiger partial charge in [0.15, 0.2) is 0 Å². The van der Waals surface area contributed by atoms with Gasteiger partial charge >= 0.3 is 0 Å². The number of rotatable bonds is 3. The lowest BCUT2D eigenvalue weighted by molar-refractivity contribution is -0.138. The number of nitrogens with one attached hydrogen (secondary N) is 1. The molecule has 1 fully saturated rings. The van der Waals surface area contributed by atoms with E-state index in [1.807, 2.05) is 13.0 Å². The second-order valence-electron chi connectivity index (χ2n) is 4.85. The first-order valence-electron chi connectivity index (χ1n) is 6.40. The zero-order valence-corrected chi connectivity index (χ0v) is 11.3. The van der Waals surface area contributed by atoms with Crippen molar-refractivity contribution in [3.63, 3.8) is 0 Å². The third kappa shape index (κ3) is 3.75. The highest BCUT2D eigenvalue weighted by Gasteiger charge is 2.25. The third-order valence-electron chi connectivity index (χ3n) is 3.20. The molecule has 1 aromatic carbocycles. The van der Waals surface area contributed by atoms with Crippen molar-refractivity contribution in [2.24, 2.45) is 0 Å². The first-order valence-corrected chi connectivity index (χ1v) is 6.40. The van der Waals surface area contributed by atoms with Crippen LogP contribution in [-0.2, 0) is 16.1 Å². The van der Waals surface area contributed by atoms with E-state index >= 15 is 0 Å². The molecule has 19 heavy (non-hydrogen) atoms. The van der Waals surface area contributed by atoms with E-state index in [4.69, 9.17) is 4.74 Å². The van der Waals surface area contributed by atoms with Crippen LogP contribution in [0.2, 0.25) is 0 Å². The molecule has 1 atom stereocenters. The van der Waals surface area contributed by atoms with Crippen molar-refractivity contribution in [2.75, 3.05) is 26.7 Å². The van der Waals surface area contributed by atoms with Crippen LogP contribution in [0.5, 0.6) is 0 Å². The Kier molecular flexibility index (Phi) is 4.50. The Bertz CT molecular complexity index is 445. The number of likely N-dealkylation sites (N-methyl/N-ethyl adjacent to an activating group) is 1. The van der Waals surface area contributed by atoms with Crippen LogP contribution in [0.15, 0.2) is 18.2 Å². The molecule has 0 radical (unpaired) electrons. The number of amides is 1. The van der Waals surface area contributed by atoms with E-state index in [1.165, 1.54) is 12.1 Å². The maximum absolute atomic E-state index is 13.3. The van der Waals surface area contributed by atoms with Crippen molar-refractivity contribution in [1.29, 1.82) is 0 Å². The van der Waals surface area contributed by atoms with Gasteiger partial charge in [0, 0.05) is 26.7 Å². The molecule has 0 bridgehead atoms. The third-order valence-corrected chi connectivity index (χ3v) is 3.20. The smallest absolute Gasteiger partial charge is 0.250 e. The van der Waals surface area contributed by atoms with E-state index in [9.17, 15) is 9.18 Å². The van der Waals surface area contributed by atoms with Crippen LogP contribution in [-0.4, -0.2) is 43.7 Å². The number of hydrogen-bond acceptors (Lipinski definition) is 3. The van der Waals surface area contributed by atoms with Gasteiger partial charge in [-0.1, -0.05) is 6.07 Å². The van der Waals surface area contributed by atoms with Crippen molar-refractivity contribution in [1.82, 2.24) is 10.2 Å². The predicted octanol–water partition coefficient (Wildman–Crippen LogP) is 1.08. The van der Waals surface area contributed by atoms with Gasteiger partial charge in [0.2, 0.25) is 5.91 Å². The van der Waals surface area contributed by atoms with E-state index in [0.717, 1.165) is 17.7 Å². The summed E-state index contributed by atoms with van der Waals surface area (Å²) >= 11 is 0. The molecular formula is C14H19FN2O2. The number of carbonyl (C=O) groups excluding carboxylic acids is 1. The van der Waals surface area contributed by atoms with Crippen LogP contribution in [0.1, 0.15) is 11.1 Å². The Morgan fingerprint density at radius 2 is 2.32 bits per heavy atom. The number of halogens is 1. The lowest BCUT2D eigenvalue weighted by Crippen LogP contribution is -2.48. The first-order chi connectivity index (χ1) is 9.08. The van der Waals surface area contributed by atoms with Gasteiger partial charge in [-0.15, -0.1) is 0 Å². The molecule has 1 aliphatic heterocycles. The van der Waals surface area contributed by atoms with Gasteiger partial charge in [0.05, 0.1) is 6.61 Å². The highest BCUT2D eigenvalue weighted by molar-refractivity contribution is 5.80. The summed E-state index contributed by atoms with van der Waals surface area (Å²) in [6, 6.07) is 5.01. The fourth-order valence-electron chi connectivity index (χ4n) is 2.33. The average molecular weight is 266 g/mol. The summed E-state index contributed by atoms with van der Waals surface area (Å²) in [6.07, 6.45) is -0.437. The fraction of sp³-hybridized carbons (Fsp3) is 0.500. The Hall–Kier alpha value is -1.46. The minimum Gasteiger partial charge on any atom is -0.366 e. The zero-order chi connectivity index (χ0) is 13.8. The highest BCUT2D eigenvalue weighted by Crippen LogP contribution is 2.13. The Morgan fingerprint density at radius 1 is 1.53 bits per heavy atom. The molecule has 1 heterocycles. The normalized spacial score (nSPS) is 20.3. The van der Waals surface area contributed by atoms with Crippen LogP contribution >= 0.6 is 0 Å². The summed E-state index contributed by atoms with van der Waals surface area (Å²) in [6.45, 7) is 4.32. The van der Waals surface area contributed by atoms with Crippen LogP contribution < -0.4 is 5.32 Å². The second-order valence-corrected chi connectivity index (χ2v) is 4.85. The summed E-state index contributed by atoms with van der Waals surface area (Å²) in [4.78, 5) is 13.7. The van der Waals surface area contributed by atoms with Gasteiger partial charge in [-0.2, -0.15) is 0 Å². The molecule has 1 N–H and O–H groups in total. The standard InChI is InChI=1S/C14H19FN2O2/c1-10-5-11(7-12(15)6-10)8-17-3-4-19-13(9-17)14(18)16-2/h5-7,13H,3-4,8-9H2,1-2H3,(H,16,18). The monoisotopic (exact) mass is 266 g/mol. The van der Waals surface area contributed by atoms with Crippen LogP contribution in [0, 0.1) is 12.7 Å². The quantitative estimate of drug-likeness (QED) is 0.890. The molecule has 1 amide bonds. The lowest BCUT2D eigenvalue weighted by atomic mass is 10.1. The van der Waals surface area contributed by atoms with E-state index < -0.39 is 6.10 Å². The number of hydrogen-bond donors (Lipinski definition) is 1. The van der Waals surface area contributed by atoms with Crippen LogP contribution in [0.3, 0.4) is 0 Å². The minimum atomic E-state index is -0.437. The zero-order valence-electron chi connectivity index (χ0n) is 11.3. The molecule has 0 aliphatic carbocycles. The van der Waals surface area contributed by atoms with Gasteiger partial charge in [-0.05, 0) is 30.2 Å². The van der Waals surface area contributed by atoms with E-state index in [2.05, 4.69) is 10.2 Å². The maximum atomic E-state index is 13.3. The van der Waals surface area contributed by atoms with Crippen molar-refractivity contribution >= 4 is 5.91 Å². The fourth-order valence-corrected chi connectivity index (χ4v) is 2.33. The molecule has 104 valence electrons. The maximum Gasteiger partial charge on any atom is 0.250 e. The van der Waals surface area contributed by atoms with Crippen molar-refractivity contribution in [3.8, 4) is 0 Å². The molecule has 5 heteroatoms. The van der Waals surface area contributed by atoms with Gasteiger partial charge in [-0.25, -0.2) is 4.39 Å². The van der Waals surface area contributed by atoms with Crippen molar-refractivity contribution in [3.05, 3.63) is 35.1 Å². The molecule has 2 rings (SSSR count). The molecule has 0 spiro atoms. The first kappa shape index (κ1) is 14.0. The summed E-state index contributed by atoms with van der Waals surface area (Å²) in [5, 5.41) is 2.59. The lowest BCUT2D eigenvalue weighted by Gasteiger charge is -2.31. The van der Waals surface area contributed by atoms with Gasteiger partial charge in [0.1, 0.15) is 11.9 Å². The molecule has 1 aromatic rings. The van der Waals surface area contributed by atoms with E-state index in [-0.39, 0.29) is 11.7 Å². The predicted molar refractivity (Wildman–Crippen MR) is 70.2 cm³/mol. The molecule has 0 saturated carbocycles. The largest absolute Gasteiger partial charge is 0.366 e. The number of nitrogens with zero attached hydrogens (tertiary/aromatic N) is 1. The van der Waals surface area contributed by atoms with Crippen molar-refractivity contribution < 1.29 is 13.9 Å². The van der Waals surface area contributed by atoms with Gasteiger partial charge in [0.25, 0.3) is 0 Å². The Balaban J connectivity index is 2.00. The Labute approximate surface area is 112 Å². The highest BCUT2D eigenvalue weighted by atomic mass is 19.1. The summed E-state index contributed by atoms with van der Waals surface area (Å²) < 4.78 is 18.8. The summed E-state index contributed by atoms with van der Waals surface area (Å²) in [7, 11) is 1.60. The molecule has 4 nitrogen and oxygen atoms in total. The number of carbonyl (C=O) groups is 1. The number of benzene rings is 1.